The molecular weight excluding hydrogens is 318 g/mol. The highest BCUT2D eigenvalue weighted by Crippen LogP contribution is 2.24. The highest BCUT2D eigenvalue weighted by Gasteiger charge is 2.23. The molecule has 0 bridgehead atoms. The average Bonchev–Trinajstić information content (AvgIpc) is 3.33. The number of hydrogen-bond acceptors (Lipinski definition) is 5. The van der Waals surface area contributed by atoms with Crippen LogP contribution in [0.2, 0.25) is 0 Å². The molecule has 7 heteroatoms. The van der Waals surface area contributed by atoms with Crippen molar-refractivity contribution in [1.29, 1.82) is 0 Å². The van der Waals surface area contributed by atoms with Crippen LogP contribution in [0, 0.1) is 12.8 Å². The van der Waals surface area contributed by atoms with Crippen LogP contribution >= 0.6 is 0 Å². The Balaban J connectivity index is 1.33. The van der Waals surface area contributed by atoms with E-state index in [1.165, 1.54) is 18.5 Å². The molecule has 0 spiro atoms. The van der Waals surface area contributed by atoms with E-state index >= 15 is 0 Å². The van der Waals surface area contributed by atoms with Crippen LogP contribution in [0.5, 0.6) is 0 Å². The minimum atomic E-state index is 0.187. The number of carbonyl (C=O) groups is 1. The van der Waals surface area contributed by atoms with Gasteiger partial charge in [-0.15, -0.1) is 0 Å². The lowest BCUT2D eigenvalue weighted by Gasteiger charge is -2.26. The van der Waals surface area contributed by atoms with Crippen molar-refractivity contribution in [3.8, 4) is 0 Å². The Morgan fingerprint density at radius 3 is 2.92 bits per heavy atom. The second kappa shape index (κ2) is 7.00. The van der Waals surface area contributed by atoms with Crippen molar-refractivity contribution in [2.45, 2.75) is 58.8 Å². The molecule has 4 rings (SSSR count). The monoisotopic (exact) mass is 343 g/mol. The summed E-state index contributed by atoms with van der Waals surface area (Å²) in [6.07, 6.45) is 6.14. The largest absolute Gasteiger partial charge is 0.449 e. The Morgan fingerprint density at radius 2 is 2.16 bits per heavy atom. The number of fused-ring (bicyclic) bond motifs is 1. The van der Waals surface area contributed by atoms with Crippen molar-refractivity contribution in [3.63, 3.8) is 0 Å². The first-order valence-electron chi connectivity index (χ1n) is 9.14. The number of nitrogens with zero attached hydrogens (tertiary/aromatic N) is 4. The molecule has 0 atom stereocenters. The van der Waals surface area contributed by atoms with Gasteiger partial charge in [0.25, 0.3) is 0 Å². The normalized spacial score (nSPS) is 18.4. The van der Waals surface area contributed by atoms with Crippen molar-refractivity contribution in [3.05, 3.63) is 35.3 Å². The third kappa shape index (κ3) is 3.76. The third-order valence-electron chi connectivity index (χ3n) is 5.15. The number of aromatic nitrogens is 3. The van der Waals surface area contributed by atoms with Gasteiger partial charge in [-0.25, -0.2) is 4.98 Å². The molecule has 1 saturated carbocycles. The lowest BCUT2D eigenvalue weighted by molar-refractivity contribution is -0.124. The maximum absolute atomic E-state index is 12.1. The highest BCUT2D eigenvalue weighted by atomic mass is 16.3. The first kappa shape index (κ1) is 16.3. The number of nitrogens with one attached hydrogen (secondary N) is 1. The standard InChI is InChI=1S/C18H25N5O2/c1-13-20-16(12-25-13)10-22-6-7-23-17(11-22)8-15(21-23)9-19-18(24)14-4-2-3-5-14/h8,12,14H,2-7,9-11H2,1H3,(H,19,24). The molecule has 2 aromatic rings. The van der Waals surface area contributed by atoms with E-state index in [9.17, 15) is 4.79 Å². The molecule has 0 saturated heterocycles. The fraction of sp³-hybridized carbons (Fsp3) is 0.611. The van der Waals surface area contributed by atoms with Crippen molar-refractivity contribution in [2.24, 2.45) is 5.92 Å². The Bertz CT molecular complexity index is 744. The number of rotatable bonds is 5. The molecular formula is C18H25N5O2. The van der Waals surface area contributed by atoms with E-state index in [1.54, 1.807) is 6.26 Å². The fourth-order valence-corrected chi connectivity index (χ4v) is 3.82. The van der Waals surface area contributed by atoms with Crippen LogP contribution in [-0.2, 0) is 31.0 Å². The molecule has 1 N–H and O–H groups in total. The van der Waals surface area contributed by atoms with Crippen molar-refractivity contribution < 1.29 is 9.21 Å². The number of aryl methyl sites for hydroxylation is 1. The van der Waals surface area contributed by atoms with Gasteiger partial charge in [0.05, 0.1) is 30.2 Å². The summed E-state index contributed by atoms with van der Waals surface area (Å²) in [7, 11) is 0. The minimum absolute atomic E-state index is 0.187. The Labute approximate surface area is 147 Å². The molecule has 0 radical (unpaired) electrons. The molecule has 134 valence electrons. The molecule has 3 heterocycles. The van der Waals surface area contributed by atoms with Gasteiger partial charge in [-0.2, -0.15) is 5.10 Å². The van der Waals surface area contributed by atoms with Gasteiger partial charge >= 0.3 is 0 Å². The topological polar surface area (TPSA) is 76.2 Å². The predicted octanol–water partition coefficient (Wildman–Crippen LogP) is 2.00. The summed E-state index contributed by atoms with van der Waals surface area (Å²) in [5.41, 5.74) is 3.10. The highest BCUT2D eigenvalue weighted by molar-refractivity contribution is 5.78. The minimum Gasteiger partial charge on any atom is -0.449 e. The van der Waals surface area contributed by atoms with E-state index in [4.69, 9.17) is 4.42 Å². The second-order valence-electron chi connectivity index (χ2n) is 7.12. The van der Waals surface area contributed by atoms with Crippen molar-refractivity contribution in [2.75, 3.05) is 6.54 Å². The first-order valence-corrected chi connectivity index (χ1v) is 9.14. The number of carbonyl (C=O) groups excluding carboxylic acids is 1. The summed E-state index contributed by atoms with van der Waals surface area (Å²) in [4.78, 5) is 18.9. The SMILES string of the molecule is Cc1nc(CN2CCn3nc(CNC(=O)C4CCCC4)cc3C2)co1. The zero-order valence-electron chi connectivity index (χ0n) is 14.7. The molecule has 1 aliphatic carbocycles. The lowest BCUT2D eigenvalue weighted by atomic mass is 10.1. The van der Waals surface area contributed by atoms with Crippen LogP contribution in [0.3, 0.4) is 0 Å². The zero-order chi connectivity index (χ0) is 17.2. The lowest BCUT2D eigenvalue weighted by Crippen LogP contribution is -2.33. The third-order valence-corrected chi connectivity index (χ3v) is 5.15. The summed E-state index contributed by atoms with van der Waals surface area (Å²) >= 11 is 0. The molecule has 1 aliphatic heterocycles. The van der Waals surface area contributed by atoms with E-state index < -0.39 is 0 Å². The van der Waals surface area contributed by atoms with E-state index in [2.05, 4.69) is 31.0 Å². The number of amides is 1. The van der Waals surface area contributed by atoms with Gasteiger partial charge in [0, 0.05) is 32.5 Å². The molecule has 2 aromatic heterocycles. The number of hydrogen-bond donors (Lipinski definition) is 1. The smallest absolute Gasteiger partial charge is 0.223 e. The van der Waals surface area contributed by atoms with Crippen LogP contribution < -0.4 is 5.32 Å². The van der Waals surface area contributed by atoms with Crippen molar-refractivity contribution in [1.82, 2.24) is 25.0 Å². The maximum atomic E-state index is 12.1. The zero-order valence-corrected chi connectivity index (χ0v) is 14.7. The van der Waals surface area contributed by atoms with Gasteiger partial charge < -0.3 is 9.73 Å². The Hall–Kier alpha value is -2.15. The molecule has 2 aliphatic rings. The molecule has 0 unspecified atom stereocenters. The van der Waals surface area contributed by atoms with Crippen LogP contribution in [0.1, 0.15) is 48.7 Å². The van der Waals surface area contributed by atoms with E-state index in [-0.39, 0.29) is 11.8 Å². The molecule has 1 amide bonds. The van der Waals surface area contributed by atoms with Gasteiger partial charge in [-0.3, -0.25) is 14.4 Å². The Morgan fingerprint density at radius 1 is 1.32 bits per heavy atom. The summed E-state index contributed by atoms with van der Waals surface area (Å²) in [6.45, 7) is 5.82. The average molecular weight is 343 g/mol. The first-order chi connectivity index (χ1) is 12.2. The summed E-state index contributed by atoms with van der Waals surface area (Å²) < 4.78 is 7.34. The van der Waals surface area contributed by atoms with E-state index in [0.29, 0.717) is 12.4 Å². The van der Waals surface area contributed by atoms with Crippen LogP contribution in [0.15, 0.2) is 16.7 Å². The van der Waals surface area contributed by atoms with Gasteiger partial charge in [0.2, 0.25) is 5.91 Å². The van der Waals surface area contributed by atoms with Gasteiger partial charge in [0.1, 0.15) is 6.26 Å². The fourth-order valence-electron chi connectivity index (χ4n) is 3.82. The Kier molecular flexibility index (Phi) is 4.57. The second-order valence-corrected chi connectivity index (χ2v) is 7.12. The summed E-state index contributed by atoms with van der Waals surface area (Å²) in [5, 5.41) is 7.69. The van der Waals surface area contributed by atoms with E-state index in [0.717, 1.165) is 50.4 Å². The molecule has 7 nitrogen and oxygen atoms in total. The molecule has 1 fully saturated rings. The van der Waals surface area contributed by atoms with Crippen LogP contribution in [0.4, 0.5) is 0 Å². The van der Waals surface area contributed by atoms with Crippen molar-refractivity contribution >= 4 is 5.91 Å². The number of oxazole rings is 1. The molecule has 25 heavy (non-hydrogen) atoms. The van der Waals surface area contributed by atoms with Gasteiger partial charge in [-0.1, -0.05) is 12.8 Å². The van der Waals surface area contributed by atoms with Crippen LogP contribution in [-0.4, -0.2) is 32.1 Å². The quantitative estimate of drug-likeness (QED) is 0.899. The van der Waals surface area contributed by atoms with Gasteiger partial charge in [-0.05, 0) is 18.9 Å². The van der Waals surface area contributed by atoms with Gasteiger partial charge in [0.15, 0.2) is 5.89 Å². The molecule has 0 aromatic carbocycles. The predicted molar refractivity (Wildman–Crippen MR) is 91.4 cm³/mol. The maximum Gasteiger partial charge on any atom is 0.223 e. The van der Waals surface area contributed by atoms with E-state index in [1.807, 2.05) is 6.92 Å². The summed E-state index contributed by atoms with van der Waals surface area (Å²) in [6, 6.07) is 2.11. The van der Waals surface area contributed by atoms with Crippen LogP contribution in [0.25, 0.3) is 0 Å². The summed E-state index contributed by atoms with van der Waals surface area (Å²) in [5.74, 6) is 1.10.